The number of halogens is 1. The first kappa shape index (κ1) is 24.6. The van der Waals surface area contributed by atoms with E-state index in [0.717, 1.165) is 37.3 Å². The van der Waals surface area contributed by atoms with E-state index >= 15 is 4.39 Å². The average molecular weight is 512 g/mol. The van der Waals surface area contributed by atoms with Gasteiger partial charge in [0.25, 0.3) is 5.91 Å². The first-order chi connectivity index (χ1) is 18.2. The predicted molar refractivity (Wildman–Crippen MR) is 148 cm³/mol. The van der Waals surface area contributed by atoms with Crippen LogP contribution in [0.3, 0.4) is 0 Å². The van der Waals surface area contributed by atoms with Crippen LogP contribution in [0.1, 0.15) is 67.5 Å². The van der Waals surface area contributed by atoms with E-state index in [2.05, 4.69) is 37.8 Å². The number of carbonyl (C=O) groups is 1. The number of hydrogen-bond acceptors (Lipinski definition) is 4. The highest BCUT2D eigenvalue weighted by molar-refractivity contribution is 5.93. The summed E-state index contributed by atoms with van der Waals surface area (Å²) in [4.78, 5) is 22.5. The Morgan fingerprint density at radius 1 is 1.11 bits per heavy atom. The monoisotopic (exact) mass is 511 g/mol. The number of amides is 1. The molecule has 1 amide bonds. The Morgan fingerprint density at radius 2 is 1.92 bits per heavy atom. The van der Waals surface area contributed by atoms with Crippen LogP contribution in [0.2, 0.25) is 0 Å². The summed E-state index contributed by atoms with van der Waals surface area (Å²) in [5.74, 6) is -0.387. The van der Waals surface area contributed by atoms with Crippen molar-refractivity contribution >= 4 is 17.2 Å². The highest BCUT2D eigenvalue weighted by atomic mass is 19.1. The van der Waals surface area contributed by atoms with Gasteiger partial charge in [0.2, 0.25) is 0 Å². The van der Waals surface area contributed by atoms with Gasteiger partial charge in [-0.25, -0.2) is 13.9 Å². The minimum absolute atomic E-state index is 0.0233. The topological polar surface area (TPSA) is 53.7 Å². The van der Waals surface area contributed by atoms with E-state index in [1.165, 1.54) is 11.1 Å². The minimum Gasteiger partial charge on any atom is -0.371 e. The number of aromatic nitrogens is 3. The van der Waals surface area contributed by atoms with Crippen LogP contribution in [0.15, 0.2) is 54.6 Å². The van der Waals surface area contributed by atoms with E-state index in [1.54, 1.807) is 16.6 Å². The Labute approximate surface area is 223 Å². The molecule has 0 radical (unpaired) electrons. The molecule has 4 heterocycles. The summed E-state index contributed by atoms with van der Waals surface area (Å²) in [7, 11) is 0. The number of hydrogen-bond donors (Lipinski definition) is 0. The van der Waals surface area contributed by atoms with Gasteiger partial charge in [-0.2, -0.15) is 5.10 Å². The Bertz CT molecular complexity index is 1540. The van der Waals surface area contributed by atoms with Gasteiger partial charge in [0.15, 0.2) is 5.65 Å². The molecule has 0 bridgehead atoms. The quantitative estimate of drug-likeness (QED) is 0.333. The third-order valence-electron chi connectivity index (χ3n) is 8.21. The first-order valence-corrected chi connectivity index (χ1v) is 13.6. The highest BCUT2D eigenvalue weighted by Crippen LogP contribution is 2.35. The molecule has 1 fully saturated rings. The Balaban J connectivity index is 1.32. The minimum atomic E-state index is -0.300. The Hall–Kier alpha value is -3.74. The first-order valence-electron chi connectivity index (χ1n) is 13.6. The molecule has 38 heavy (non-hydrogen) atoms. The van der Waals surface area contributed by atoms with E-state index in [4.69, 9.17) is 10.1 Å². The smallest absolute Gasteiger partial charge is 0.273 e. The summed E-state index contributed by atoms with van der Waals surface area (Å²) in [6.07, 6.45) is 2.60. The maximum absolute atomic E-state index is 15.4. The molecule has 4 aromatic rings. The van der Waals surface area contributed by atoms with Crippen molar-refractivity contribution in [2.45, 2.75) is 53.0 Å². The van der Waals surface area contributed by atoms with Crippen molar-refractivity contribution in [3.63, 3.8) is 0 Å². The van der Waals surface area contributed by atoms with E-state index in [1.807, 2.05) is 42.2 Å². The molecule has 0 N–H and O–H groups in total. The van der Waals surface area contributed by atoms with Gasteiger partial charge in [-0.15, -0.1) is 0 Å². The molecule has 6 rings (SSSR count). The molecular weight excluding hydrogens is 477 g/mol. The van der Waals surface area contributed by atoms with Gasteiger partial charge >= 0.3 is 0 Å². The molecule has 0 aliphatic carbocycles. The van der Waals surface area contributed by atoms with E-state index in [0.29, 0.717) is 35.6 Å². The molecule has 2 aromatic carbocycles. The molecule has 0 saturated carbocycles. The second-order valence-electron chi connectivity index (χ2n) is 11.4. The van der Waals surface area contributed by atoms with Gasteiger partial charge in [0.1, 0.15) is 11.5 Å². The third kappa shape index (κ3) is 4.24. The van der Waals surface area contributed by atoms with Crippen molar-refractivity contribution in [3.8, 4) is 11.3 Å². The van der Waals surface area contributed by atoms with Crippen molar-refractivity contribution in [1.29, 1.82) is 0 Å². The zero-order valence-electron chi connectivity index (χ0n) is 22.5. The van der Waals surface area contributed by atoms with Gasteiger partial charge < -0.3 is 9.80 Å². The third-order valence-corrected chi connectivity index (χ3v) is 8.21. The van der Waals surface area contributed by atoms with Crippen molar-refractivity contribution in [2.24, 2.45) is 5.41 Å². The Kier molecular flexibility index (Phi) is 5.97. The van der Waals surface area contributed by atoms with Crippen molar-refractivity contribution in [3.05, 3.63) is 82.9 Å². The summed E-state index contributed by atoms with van der Waals surface area (Å²) in [5, 5.41) is 4.70. The SMILES string of the molecule is CCc1cc(C(=O)N2CCc3ccccc3[C@H]2C)nc2cc(-c3ccc(N4CCC(C)(C)C4)cc3F)nn12. The van der Waals surface area contributed by atoms with Crippen molar-refractivity contribution in [1.82, 2.24) is 19.5 Å². The largest absolute Gasteiger partial charge is 0.371 e. The molecule has 2 aromatic heterocycles. The number of benzene rings is 2. The van der Waals surface area contributed by atoms with Gasteiger partial charge in [-0.3, -0.25) is 4.79 Å². The number of fused-ring (bicyclic) bond motifs is 2. The maximum atomic E-state index is 15.4. The van der Waals surface area contributed by atoms with Gasteiger partial charge in [-0.05, 0) is 67.0 Å². The molecule has 6 nitrogen and oxygen atoms in total. The fourth-order valence-corrected chi connectivity index (χ4v) is 5.97. The fraction of sp³-hybridized carbons (Fsp3) is 0.387. The van der Waals surface area contributed by atoms with E-state index in [9.17, 15) is 4.79 Å². The van der Waals surface area contributed by atoms with Crippen LogP contribution in [0, 0.1) is 11.2 Å². The summed E-state index contributed by atoms with van der Waals surface area (Å²) >= 11 is 0. The van der Waals surface area contributed by atoms with Crippen LogP contribution in [0.5, 0.6) is 0 Å². The number of anilines is 1. The predicted octanol–water partition coefficient (Wildman–Crippen LogP) is 6.09. The molecule has 196 valence electrons. The number of aryl methyl sites for hydroxylation is 1. The van der Waals surface area contributed by atoms with Crippen LogP contribution in [-0.2, 0) is 12.8 Å². The summed E-state index contributed by atoms with van der Waals surface area (Å²) in [6.45, 7) is 11.1. The summed E-state index contributed by atoms with van der Waals surface area (Å²) < 4.78 is 17.1. The summed E-state index contributed by atoms with van der Waals surface area (Å²) in [5.41, 5.74) is 6.40. The standard InChI is InChI=1S/C31H34FN5O/c1-5-22-17-28(30(38)36-14-12-21-8-6-7-9-24(21)20(36)2)33-29-18-27(34-37(22)29)25-11-10-23(16-26(25)32)35-15-13-31(3,4)19-35/h6-11,16-18,20H,5,12-15,19H2,1-4H3/t20-/m1/s1. The van der Waals surface area contributed by atoms with Crippen LogP contribution in [0.25, 0.3) is 16.9 Å². The van der Waals surface area contributed by atoms with Gasteiger partial charge in [0.05, 0.1) is 11.7 Å². The number of rotatable bonds is 4. The molecule has 0 spiro atoms. The molecule has 7 heteroatoms. The lowest BCUT2D eigenvalue weighted by molar-refractivity contribution is 0.0671. The van der Waals surface area contributed by atoms with Crippen LogP contribution >= 0.6 is 0 Å². The average Bonchev–Trinajstić information content (AvgIpc) is 3.50. The maximum Gasteiger partial charge on any atom is 0.273 e. The zero-order chi connectivity index (χ0) is 26.6. The highest BCUT2D eigenvalue weighted by Gasteiger charge is 2.31. The second kappa shape index (κ2) is 9.22. The fourth-order valence-electron chi connectivity index (χ4n) is 5.97. The molecule has 1 atom stereocenters. The van der Waals surface area contributed by atoms with Crippen LogP contribution in [0.4, 0.5) is 10.1 Å². The normalized spacial score (nSPS) is 18.7. The zero-order valence-corrected chi connectivity index (χ0v) is 22.5. The number of carbonyl (C=O) groups excluding carboxylic acids is 1. The van der Waals surface area contributed by atoms with Crippen molar-refractivity contribution in [2.75, 3.05) is 24.5 Å². The molecule has 1 saturated heterocycles. The lowest BCUT2D eigenvalue weighted by atomic mass is 9.93. The van der Waals surface area contributed by atoms with Gasteiger partial charge in [-0.1, -0.05) is 45.0 Å². The van der Waals surface area contributed by atoms with E-state index < -0.39 is 0 Å². The van der Waals surface area contributed by atoms with Crippen LogP contribution < -0.4 is 4.90 Å². The van der Waals surface area contributed by atoms with Gasteiger partial charge in [0, 0.05) is 42.6 Å². The van der Waals surface area contributed by atoms with E-state index in [-0.39, 0.29) is 23.2 Å². The Morgan fingerprint density at radius 3 is 2.66 bits per heavy atom. The lowest BCUT2D eigenvalue weighted by Gasteiger charge is -2.35. The molecule has 2 aliphatic heterocycles. The second-order valence-corrected chi connectivity index (χ2v) is 11.4. The molecular formula is C31H34FN5O. The van der Waals surface area contributed by atoms with Crippen LogP contribution in [-0.4, -0.2) is 45.0 Å². The molecule has 0 unspecified atom stereocenters. The lowest BCUT2D eigenvalue weighted by Crippen LogP contribution is -2.39. The van der Waals surface area contributed by atoms with Crippen molar-refractivity contribution < 1.29 is 9.18 Å². The molecule has 2 aliphatic rings. The number of nitrogens with zero attached hydrogens (tertiary/aromatic N) is 5. The summed E-state index contributed by atoms with van der Waals surface area (Å²) in [6, 6.07) is 17.3.